The predicted octanol–water partition coefficient (Wildman–Crippen LogP) is 11.2. The Labute approximate surface area is 261 Å². The van der Waals surface area contributed by atoms with Gasteiger partial charge in [0, 0.05) is 49.8 Å². The Morgan fingerprint density at radius 2 is 0.978 bits per heavy atom. The van der Waals surface area contributed by atoms with E-state index in [9.17, 15) is 0 Å². The van der Waals surface area contributed by atoms with Crippen LogP contribution in [0.15, 0.2) is 164 Å². The summed E-state index contributed by atoms with van der Waals surface area (Å²) in [7, 11) is 0. The highest BCUT2D eigenvalue weighted by Crippen LogP contribution is 2.51. The molecule has 9 rings (SSSR count). The van der Waals surface area contributed by atoms with E-state index in [1.807, 2.05) is 6.07 Å². The quantitative estimate of drug-likeness (QED) is 0.205. The Morgan fingerprint density at radius 1 is 0.400 bits per heavy atom. The molecular weight excluding hydrogens is 546 g/mol. The number of pyridine rings is 2. The first-order valence-corrected chi connectivity index (χ1v) is 15.3. The van der Waals surface area contributed by atoms with Gasteiger partial charge in [0.1, 0.15) is 0 Å². The van der Waals surface area contributed by atoms with Crippen molar-refractivity contribution in [2.45, 2.75) is 0 Å². The second-order valence-electron chi connectivity index (χ2n) is 11.4. The van der Waals surface area contributed by atoms with Crippen LogP contribution in [0.25, 0.3) is 66.6 Å². The summed E-state index contributed by atoms with van der Waals surface area (Å²) >= 11 is 0. The zero-order chi connectivity index (χ0) is 29.7. The molecule has 2 heterocycles. The smallest absolute Gasteiger partial charge is 0.160 e. The summed E-state index contributed by atoms with van der Waals surface area (Å²) in [5.41, 5.74) is 12.9. The van der Waals surface area contributed by atoms with Gasteiger partial charge in [0.25, 0.3) is 0 Å². The lowest BCUT2D eigenvalue weighted by Gasteiger charge is -2.27. The SMILES string of the molecule is c1ccc(-c2cc3cc4c(nc3nc2-c2ccccc2)-c2cccc3c(N(c5ccccc5)c5ccccc5)ccc-4c23)cc1. The van der Waals surface area contributed by atoms with E-state index in [0.717, 1.165) is 67.3 Å². The molecular formula is C42H27N3. The minimum atomic E-state index is 0.757. The second kappa shape index (κ2) is 10.3. The number of aromatic nitrogens is 2. The van der Waals surface area contributed by atoms with Crippen LogP contribution in [0.3, 0.4) is 0 Å². The molecule has 0 atom stereocenters. The predicted molar refractivity (Wildman–Crippen MR) is 187 cm³/mol. The largest absolute Gasteiger partial charge is 0.310 e. The number of benzene rings is 6. The van der Waals surface area contributed by atoms with Gasteiger partial charge in [0.2, 0.25) is 0 Å². The Bertz CT molecular complexity index is 2220. The number of fused-ring (bicyclic) bond motifs is 4. The minimum absolute atomic E-state index is 0.757. The standard InChI is InChI=1S/C42H27N3/c1-5-14-28(15-6-1)36-26-30-27-37-33-24-25-38(45(31-18-9-3-10-19-31)32-20-11-4-12-21-32)34-22-13-23-35(39(33)34)41(37)44-42(30)43-40(36)29-16-7-2-8-17-29/h1-27H. The van der Waals surface area contributed by atoms with Gasteiger partial charge in [-0.3, -0.25) is 0 Å². The number of para-hydroxylation sites is 2. The highest BCUT2D eigenvalue weighted by atomic mass is 15.1. The van der Waals surface area contributed by atoms with E-state index in [0.29, 0.717) is 0 Å². The van der Waals surface area contributed by atoms with E-state index in [1.165, 1.54) is 16.3 Å². The van der Waals surface area contributed by atoms with Gasteiger partial charge in [-0.05, 0) is 53.6 Å². The number of nitrogens with zero attached hydrogens (tertiary/aromatic N) is 3. The molecule has 0 N–H and O–H groups in total. The summed E-state index contributed by atoms with van der Waals surface area (Å²) in [6.07, 6.45) is 0. The number of hydrogen-bond acceptors (Lipinski definition) is 3. The van der Waals surface area contributed by atoms with E-state index < -0.39 is 0 Å². The Hall–Kier alpha value is -6.06. The average molecular weight is 574 g/mol. The van der Waals surface area contributed by atoms with Crippen molar-refractivity contribution in [3.05, 3.63) is 164 Å². The molecule has 1 aliphatic rings. The van der Waals surface area contributed by atoms with E-state index in [-0.39, 0.29) is 0 Å². The van der Waals surface area contributed by atoms with E-state index in [2.05, 4.69) is 163 Å². The van der Waals surface area contributed by atoms with E-state index in [1.54, 1.807) is 0 Å². The lowest BCUT2D eigenvalue weighted by atomic mass is 9.97. The molecule has 210 valence electrons. The number of rotatable bonds is 5. The minimum Gasteiger partial charge on any atom is -0.310 e. The van der Waals surface area contributed by atoms with Crippen molar-refractivity contribution < 1.29 is 0 Å². The highest BCUT2D eigenvalue weighted by molar-refractivity contribution is 6.19. The third kappa shape index (κ3) is 4.13. The normalized spacial score (nSPS) is 11.6. The monoisotopic (exact) mass is 573 g/mol. The van der Waals surface area contributed by atoms with Crippen molar-refractivity contribution in [1.29, 1.82) is 0 Å². The van der Waals surface area contributed by atoms with Crippen molar-refractivity contribution in [3.8, 4) is 44.8 Å². The molecule has 0 bridgehead atoms. The van der Waals surface area contributed by atoms with Crippen LogP contribution in [0.1, 0.15) is 0 Å². The Kier molecular flexibility index (Phi) is 5.82. The molecule has 3 nitrogen and oxygen atoms in total. The molecule has 1 aliphatic carbocycles. The molecule has 2 aromatic heterocycles. The molecule has 0 spiro atoms. The van der Waals surface area contributed by atoms with Crippen molar-refractivity contribution in [2.75, 3.05) is 4.90 Å². The van der Waals surface area contributed by atoms with Crippen LogP contribution >= 0.6 is 0 Å². The van der Waals surface area contributed by atoms with Crippen molar-refractivity contribution >= 4 is 38.9 Å². The van der Waals surface area contributed by atoms with Crippen LogP contribution in [0.2, 0.25) is 0 Å². The van der Waals surface area contributed by atoms with Crippen LogP contribution in [0.5, 0.6) is 0 Å². The maximum atomic E-state index is 5.28. The summed E-state index contributed by atoms with van der Waals surface area (Å²) in [5.74, 6) is 0. The van der Waals surface area contributed by atoms with Gasteiger partial charge in [-0.2, -0.15) is 0 Å². The van der Waals surface area contributed by atoms with E-state index in [4.69, 9.17) is 9.97 Å². The van der Waals surface area contributed by atoms with Crippen LogP contribution < -0.4 is 4.90 Å². The van der Waals surface area contributed by atoms with Crippen LogP contribution in [-0.4, -0.2) is 9.97 Å². The zero-order valence-corrected chi connectivity index (χ0v) is 24.4. The van der Waals surface area contributed by atoms with Gasteiger partial charge in [0.15, 0.2) is 5.65 Å². The van der Waals surface area contributed by atoms with Crippen LogP contribution in [0.4, 0.5) is 17.1 Å². The maximum Gasteiger partial charge on any atom is 0.160 e. The third-order valence-electron chi connectivity index (χ3n) is 8.77. The molecule has 0 amide bonds. The third-order valence-corrected chi connectivity index (χ3v) is 8.77. The fraction of sp³-hybridized carbons (Fsp3) is 0. The first kappa shape index (κ1) is 25.4. The highest BCUT2D eigenvalue weighted by Gasteiger charge is 2.27. The fourth-order valence-corrected chi connectivity index (χ4v) is 6.76. The lowest BCUT2D eigenvalue weighted by molar-refractivity contribution is 1.30. The van der Waals surface area contributed by atoms with Crippen LogP contribution in [0, 0.1) is 0 Å². The molecule has 0 fully saturated rings. The summed E-state index contributed by atoms with van der Waals surface area (Å²) < 4.78 is 0. The van der Waals surface area contributed by atoms with Gasteiger partial charge >= 0.3 is 0 Å². The molecule has 0 aliphatic heterocycles. The molecule has 8 aromatic rings. The van der Waals surface area contributed by atoms with Gasteiger partial charge in [0.05, 0.1) is 17.1 Å². The summed E-state index contributed by atoms with van der Waals surface area (Å²) in [4.78, 5) is 12.9. The average Bonchev–Trinajstić information content (AvgIpc) is 3.43. The van der Waals surface area contributed by atoms with Crippen molar-refractivity contribution in [1.82, 2.24) is 9.97 Å². The zero-order valence-electron chi connectivity index (χ0n) is 24.4. The van der Waals surface area contributed by atoms with Crippen molar-refractivity contribution in [3.63, 3.8) is 0 Å². The van der Waals surface area contributed by atoms with E-state index >= 15 is 0 Å². The number of anilines is 3. The topological polar surface area (TPSA) is 29.0 Å². The second-order valence-corrected chi connectivity index (χ2v) is 11.4. The first-order valence-electron chi connectivity index (χ1n) is 15.3. The maximum absolute atomic E-state index is 5.28. The Morgan fingerprint density at radius 3 is 1.64 bits per heavy atom. The van der Waals surface area contributed by atoms with Gasteiger partial charge in [-0.25, -0.2) is 9.97 Å². The molecule has 6 aromatic carbocycles. The molecule has 0 saturated carbocycles. The number of hydrogen-bond donors (Lipinski definition) is 0. The first-order chi connectivity index (χ1) is 22.3. The molecule has 0 unspecified atom stereocenters. The van der Waals surface area contributed by atoms with Gasteiger partial charge in [-0.1, -0.05) is 121 Å². The van der Waals surface area contributed by atoms with Gasteiger partial charge < -0.3 is 4.90 Å². The lowest BCUT2D eigenvalue weighted by Crippen LogP contribution is -2.10. The summed E-state index contributed by atoms with van der Waals surface area (Å²) in [5, 5.41) is 3.46. The molecule has 45 heavy (non-hydrogen) atoms. The van der Waals surface area contributed by atoms with Gasteiger partial charge in [-0.15, -0.1) is 0 Å². The molecule has 0 saturated heterocycles. The fourth-order valence-electron chi connectivity index (χ4n) is 6.76. The summed E-state index contributed by atoms with van der Waals surface area (Å²) in [6, 6.07) is 57.8. The van der Waals surface area contributed by atoms with Crippen LogP contribution in [-0.2, 0) is 0 Å². The molecule has 3 heteroatoms. The summed E-state index contributed by atoms with van der Waals surface area (Å²) in [6.45, 7) is 0. The molecule has 0 radical (unpaired) electrons. The van der Waals surface area contributed by atoms with Crippen molar-refractivity contribution in [2.24, 2.45) is 0 Å². The Balaban J connectivity index is 1.27.